The summed E-state index contributed by atoms with van der Waals surface area (Å²) >= 11 is 2.84. The maximum absolute atomic E-state index is 14.2. The van der Waals surface area contributed by atoms with Crippen LogP contribution in [-0.4, -0.2) is 23.4 Å². The van der Waals surface area contributed by atoms with Gasteiger partial charge in [-0.2, -0.15) is 4.90 Å². The normalized spacial score (nSPS) is 11.9. The Morgan fingerprint density at radius 2 is 1.33 bits per heavy atom. The molecule has 0 spiro atoms. The standard InChI is InChI=1S/C16H20BrF2NO4/c1-15(2,3)23-13(21)20(14(22)24-16(4,5)6)12-8-10(18)9(17)7-11(12)19/h7-8H,1-6H3. The molecule has 5 nitrogen and oxygen atoms in total. The summed E-state index contributed by atoms with van der Waals surface area (Å²) in [6, 6.07) is 1.53. The molecule has 0 radical (unpaired) electrons. The number of hydrogen-bond donors (Lipinski definition) is 0. The largest absolute Gasteiger partial charge is 0.443 e. The molecule has 1 rings (SSSR count). The van der Waals surface area contributed by atoms with Gasteiger partial charge in [0.25, 0.3) is 0 Å². The van der Waals surface area contributed by atoms with Crippen LogP contribution in [0.25, 0.3) is 0 Å². The molecular weight excluding hydrogens is 388 g/mol. The van der Waals surface area contributed by atoms with Gasteiger partial charge in [-0.05, 0) is 63.5 Å². The summed E-state index contributed by atoms with van der Waals surface area (Å²) in [6.45, 7) is 9.48. The van der Waals surface area contributed by atoms with Crippen LogP contribution in [0.5, 0.6) is 0 Å². The first-order valence-corrected chi connectivity index (χ1v) is 7.91. The second-order valence-electron chi connectivity index (χ2n) is 7.01. The highest BCUT2D eigenvalue weighted by molar-refractivity contribution is 9.10. The van der Waals surface area contributed by atoms with Crippen LogP contribution in [0.2, 0.25) is 0 Å². The molecule has 0 aromatic heterocycles. The van der Waals surface area contributed by atoms with Gasteiger partial charge in [0.15, 0.2) is 0 Å². The molecule has 0 saturated heterocycles. The first-order valence-electron chi connectivity index (χ1n) is 7.12. The first kappa shape index (κ1) is 20.3. The fourth-order valence-corrected chi connectivity index (χ4v) is 1.89. The topological polar surface area (TPSA) is 55.8 Å². The average Bonchev–Trinajstić information content (AvgIpc) is 2.31. The second kappa shape index (κ2) is 7.04. The number of imide groups is 1. The summed E-state index contributed by atoms with van der Waals surface area (Å²) in [4.78, 5) is 25.0. The van der Waals surface area contributed by atoms with E-state index in [-0.39, 0.29) is 4.47 Å². The Balaban J connectivity index is 3.36. The summed E-state index contributed by atoms with van der Waals surface area (Å²) in [5.41, 5.74) is -2.48. The molecule has 0 aliphatic rings. The van der Waals surface area contributed by atoms with E-state index in [1.165, 1.54) is 0 Å². The van der Waals surface area contributed by atoms with Crippen LogP contribution < -0.4 is 4.90 Å². The smallest absolute Gasteiger partial charge is 0.424 e. The van der Waals surface area contributed by atoms with E-state index >= 15 is 0 Å². The van der Waals surface area contributed by atoms with Gasteiger partial charge >= 0.3 is 12.2 Å². The van der Waals surface area contributed by atoms with E-state index in [2.05, 4.69) is 15.9 Å². The highest BCUT2D eigenvalue weighted by atomic mass is 79.9. The minimum Gasteiger partial charge on any atom is -0.443 e. The molecule has 0 aliphatic carbocycles. The Bertz CT molecular complexity index is 623. The van der Waals surface area contributed by atoms with Crippen molar-refractivity contribution < 1.29 is 27.8 Å². The van der Waals surface area contributed by atoms with E-state index in [0.717, 1.165) is 6.07 Å². The van der Waals surface area contributed by atoms with E-state index in [9.17, 15) is 18.4 Å². The summed E-state index contributed by atoms with van der Waals surface area (Å²) in [5.74, 6) is -1.83. The fraction of sp³-hybridized carbons (Fsp3) is 0.500. The van der Waals surface area contributed by atoms with Crippen molar-refractivity contribution in [2.75, 3.05) is 4.90 Å². The van der Waals surface area contributed by atoms with Crippen LogP contribution >= 0.6 is 15.9 Å². The molecule has 0 unspecified atom stereocenters. The molecular formula is C16H20BrF2NO4. The summed E-state index contributed by atoms with van der Waals surface area (Å²) in [5, 5.41) is 0. The number of halogens is 3. The third kappa shape index (κ3) is 5.74. The van der Waals surface area contributed by atoms with Crippen LogP contribution in [-0.2, 0) is 9.47 Å². The number of hydrogen-bond acceptors (Lipinski definition) is 4. The maximum atomic E-state index is 14.2. The number of carbonyl (C=O) groups is 2. The Morgan fingerprint density at radius 1 is 0.917 bits per heavy atom. The Kier molecular flexibility index (Phi) is 5.97. The van der Waals surface area contributed by atoms with Crippen LogP contribution in [0.3, 0.4) is 0 Å². The Labute approximate surface area is 148 Å². The predicted octanol–water partition coefficient (Wildman–Crippen LogP) is 5.40. The molecule has 0 heterocycles. The van der Waals surface area contributed by atoms with Gasteiger partial charge in [0.1, 0.15) is 22.8 Å². The van der Waals surface area contributed by atoms with Crippen LogP contribution in [0.4, 0.5) is 24.1 Å². The number of ether oxygens (including phenoxy) is 2. The lowest BCUT2D eigenvalue weighted by Crippen LogP contribution is -2.44. The van der Waals surface area contributed by atoms with E-state index in [1.807, 2.05) is 0 Å². The predicted molar refractivity (Wildman–Crippen MR) is 89.0 cm³/mol. The van der Waals surface area contributed by atoms with Crippen LogP contribution in [0.1, 0.15) is 41.5 Å². The highest BCUT2D eigenvalue weighted by Crippen LogP contribution is 2.29. The number of rotatable bonds is 1. The molecule has 1 aromatic carbocycles. The SMILES string of the molecule is CC(C)(C)OC(=O)N(C(=O)OC(C)(C)C)c1cc(F)c(Br)cc1F. The number of anilines is 1. The van der Waals surface area contributed by atoms with E-state index in [4.69, 9.17) is 9.47 Å². The molecule has 1 aromatic rings. The van der Waals surface area contributed by atoms with Gasteiger partial charge in [-0.1, -0.05) is 0 Å². The minimum absolute atomic E-state index is 0.142. The lowest BCUT2D eigenvalue weighted by atomic mass is 10.2. The third-order valence-electron chi connectivity index (χ3n) is 2.38. The Hall–Kier alpha value is -1.70. The van der Waals surface area contributed by atoms with Gasteiger partial charge in [-0.15, -0.1) is 0 Å². The van der Waals surface area contributed by atoms with Gasteiger partial charge < -0.3 is 9.47 Å². The summed E-state index contributed by atoms with van der Waals surface area (Å²) in [6.07, 6.45) is -2.34. The molecule has 0 saturated carbocycles. The third-order valence-corrected chi connectivity index (χ3v) is 2.99. The van der Waals surface area contributed by atoms with Crippen molar-refractivity contribution >= 4 is 33.8 Å². The maximum Gasteiger partial charge on any atom is 0.424 e. The van der Waals surface area contributed by atoms with Crippen LogP contribution in [0.15, 0.2) is 16.6 Å². The Morgan fingerprint density at radius 3 is 1.71 bits per heavy atom. The molecule has 2 amide bonds. The van der Waals surface area contributed by atoms with Crippen molar-refractivity contribution in [1.29, 1.82) is 0 Å². The van der Waals surface area contributed by atoms with Gasteiger partial charge in [-0.3, -0.25) is 0 Å². The molecule has 0 bridgehead atoms. The molecule has 134 valence electrons. The van der Waals surface area contributed by atoms with Crippen LogP contribution in [0, 0.1) is 11.6 Å². The van der Waals surface area contributed by atoms with E-state index in [0.29, 0.717) is 11.0 Å². The van der Waals surface area contributed by atoms with Crippen molar-refractivity contribution in [3.8, 4) is 0 Å². The monoisotopic (exact) mass is 407 g/mol. The zero-order valence-corrected chi connectivity index (χ0v) is 16.0. The molecule has 0 aliphatic heterocycles. The van der Waals surface area contributed by atoms with Crippen molar-refractivity contribution in [2.24, 2.45) is 0 Å². The number of benzene rings is 1. The molecule has 0 atom stereocenters. The zero-order chi connectivity index (χ0) is 18.9. The van der Waals surface area contributed by atoms with E-state index in [1.54, 1.807) is 41.5 Å². The van der Waals surface area contributed by atoms with Gasteiger partial charge in [0.05, 0.1) is 10.2 Å². The van der Waals surface area contributed by atoms with Crippen molar-refractivity contribution in [3.05, 3.63) is 28.2 Å². The molecule has 0 N–H and O–H groups in total. The summed E-state index contributed by atoms with van der Waals surface area (Å²) in [7, 11) is 0. The lowest BCUT2D eigenvalue weighted by molar-refractivity contribution is 0.0429. The number of amides is 2. The van der Waals surface area contributed by atoms with Gasteiger partial charge in [0, 0.05) is 6.07 Å². The number of nitrogens with zero attached hydrogens (tertiary/aromatic N) is 1. The van der Waals surface area contributed by atoms with E-state index < -0.39 is 40.7 Å². The number of carbonyl (C=O) groups excluding carboxylic acids is 2. The zero-order valence-electron chi connectivity index (χ0n) is 14.4. The lowest BCUT2D eigenvalue weighted by Gasteiger charge is -2.28. The molecule has 8 heteroatoms. The summed E-state index contributed by atoms with van der Waals surface area (Å²) < 4.78 is 38.0. The second-order valence-corrected chi connectivity index (χ2v) is 7.87. The van der Waals surface area contributed by atoms with Gasteiger partial charge in [0.2, 0.25) is 0 Å². The van der Waals surface area contributed by atoms with Crippen molar-refractivity contribution in [2.45, 2.75) is 52.7 Å². The first-order chi connectivity index (χ1) is 10.7. The van der Waals surface area contributed by atoms with Crippen molar-refractivity contribution in [3.63, 3.8) is 0 Å². The molecule has 24 heavy (non-hydrogen) atoms. The fourth-order valence-electron chi connectivity index (χ4n) is 1.57. The van der Waals surface area contributed by atoms with Gasteiger partial charge in [-0.25, -0.2) is 18.4 Å². The highest BCUT2D eigenvalue weighted by Gasteiger charge is 2.34. The minimum atomic E-state index is -1.17. The molecule has 0 fully saturated rings. The quantitative estimate of drug-likeness (QED) is 0.584. The van der Waals surface area contributed by atoms with Crippen molar-refractivity contribution in [1.82, 2.24) is 0 Å². The average molecular weight is 408 g/mol.